The third-order valence-electron chi connectivity index (χ3n) is 8.18. The molecule has 0 spiro atoms. The molecular formula is C38H72NO9P. The smallest absolute Gasteiger partial charge is 0.472 e. The van der Waals surface area contributed by atoms with Gasteiger partial charge in [0.1, 0.15) is 12.1 Å². The molecule has 0 aromatic rings. The Kier molecular flexibility index (Phi) is 33.8. The van der Waals surface area contributed by atoms with E-state index in [0.717, 1.165) is 64.2 Å². The number of unbranched alkanes of at least 4 members (excludes halogenated alkanes) is 19. The van der Waals surface area contributed by atoms with Crippen molar-refractivity contribution in [2.75, 3.05) is 26.4 Å². The molecule has 0 bridgehead atoms. The third kappa shape index (κ3) is 34.7. The molecule has 3 atom stereocenters. The summed E-state index contributed by atoms with van der Waals surface area (Å²) < 4.78 is 33.2. The van der Waals surface area contributed by atoms with Gasteiger partial charge in [0.15, 0.2) is 0 Å². The molecule has 0 aromatic carbocycles. The number of allylic oxidation sites excluding steroid dienone is 4. The van der Waals surface area contributed by atoms with Gasteiger partial charge >= 0.3 is 19.8 Å². The maximum atomic E-state index is 12.6. The highest BCUT2D eigenvalue weighted by Gasteiger charge is 2.27. The van der Waals surface area contributed by atoms with E-state index in [0.29, 0.717) is 13.0 Å². The lowest BCUT2D eigenvalue weighted by Gasteiger charge is -2.20. The van der Waals surface area contributed by atoms with Crippen LogP contribution in [0.4, 0.5) is 0 Å². The summed E-state index contributed by atoms with van der Waals surface area (Å²) in [5.41, 5.74) is 5.33. The van der Waals surface area contributed by atoms with Gasteiger partial charge in [-0.2, -0.15) is 0 Å². The quantitative estimate of drug-likeness (QED) is 0.0245. The number of carbonyl (C=O) groups excluding carboxylic acids is 1. The predicted octanol–water partition coefficient (Wildman–Crippen LogP) is 9.97. The lowest BCUT2D eigenvalue weighted by atomic mass is 10.1. The van der Waals surface area contributed by atoms with E-state index >= 15 is 0 Å². The number of hydrogen-bond donors (Lipinski definition) is 3. The van der Waals surface area contributed by atoms with Gasteiger partial charge in [-0.15, -0.1) is 0 Å². The molecule has 288 valence electrons. The second-order valence-electron chi connectivity index (χ2n) is 13.0. The molecule has 0 amide bonds. The average molecular weight is 718 g/mol. The minimum absolute atomic E-state index is 0.0109. The van der Waals surface area contributed by atoms with E-state index in [1.807, 2.05) is 0 Å². The minimum atomic E-state index is -4.61. The number of ether oxygens (including phenoxy) is 2. The van der Waals surface area contributed by atoms with E-state index in [-0.39, 0.29) is 13.0 Å². The first-order valence-corrected chi connectivity index (χ1v) is 20.9. The molecule has 0 aromatic heterocycles. The van der Waals surface area contributed by atoms with Crippen LogP contribution in [0.15, 0.2) is 24.3 Å². The predicted molar refractivity (Wildman–Crippen MR) is 198 cm³/mol. The van der Waals surface area contributed by atoms with Crippen molar-refractivity contribution in [3.63, 3.8) is 0 Å². The van der Waals surface area contributed by atoms with E-state index in [1.54, 1.807) is 0 Å². The first-order valence-electron chi connectivity index (χ1n) is 19.4. The summed E-state index contributed by atoms with van der Waals surface area (Å²) in [6.45, 7) is 3.79. The standard InChI is InChI=1S/C38H72NO9P/c1-3-5-7-9-11-13-15-16-17-18-19-20-22-24-26-28-30-37(40)48-35(33-46-49(43,44)47-34-36(39)38(41)42)32-45-31-29-27-25-23-21-14-12-10-8-6-4-2/h8,10,17-18,35-36H,3-7,9,11-16,19-34,39H2,1-2H3,(H,41,42)(H,43,44)/b10-8-,18-17-. The molecule has 0 fully saturated rings. The lowest BCUT2D eigenvalue weighted by Crippen LogP contribution is -2.34. The summed E-state index contributed by atoms with van der Waals surface area (Å²) >= 11 is 0. The fraction of sp³-hybridized carbons (Fsp3) is 0.842. The Bertz CT molecular complexity index is 883. The molecule has 0 saturated carbocycles. The van der Waals surface area contributed by atoms with Crippen molar-refractivity contribution < 1.29 is 42.7 Å². The Morgan fingerprint density at radius 2 is 1.10 bits per heavy atom. The molecule has 0 saturated heterocycles. The van der Waals surface area contributed by atoms with Crippen LogP contribution in [-0.4, -0.2) is 60.5 Å². The fourth-order valence-electron chi connectivity index (χ4n) is 5.13. The maximum Gasteiger partial charge on any atom is 0.472 e. The zero-order valence-corrected chi connectivity index (χ0v) is 31.9. The van der Waals surface area contributed by atoms with Crippen LogP contribution < -0.4 is 5.73 Å². The van der Waals surface area contributed by atoms with Gasteiger partial charge in [0.2, 0.25) is 0 Å². The summed E-state index contributed by atoms with van der Waals surface area (Å²) in [5, 5.41) is 8.86. The van der Waals surface area contributed by atoms with Gasteiger partial charge < -0.3 is 25.2 Å². The first kappa shape index (κ1) is 47.4. The van der Waals surface area contributed by atoms with Gasteiger partial charge in [0.25, 0.3) is 0 Å². The minimum Gasteiger partial charge on any atom is -0.480 e. The molecule has 4 N–H and O–H groups in total. The second-order valence-corrected chi connectivity index (χ2v) is 14.5. The Morgan fingerprint density at radius 1 is 0.633 bits per heavy atom. The maximum absolute atomic E-state index is 12.6. The number of carboxylic acids is 1. The van der Waals surface area contributed by atoms with E-state index in [2.05, 4.69) is 42.7 Å². The molecule has 10 nitrogen and oxygen atoms in total. The van der Waals surface area contributed by atoms with Crippen molar-refractivity contribution in [1.82, 2.24) is 0 Å². The van der Waals surface area contributed by atoms with Crippen LogP contribution in [0.2, 0.25) is 0 Å². The summed E-state index contributed by atoms with van der Waals surface area (Å²) in [6, 6.07) is -1.47. The Morgan fingerprint density at radius 3 is 1.63 bits per heavy atom. The second kappa shape index (κ2) is 34.9. The number of nitrogens with two attached hydrogens (primary N) is 1. The Hall–Kier alpha value is -1.55. The van der Waals surface area contributed by atoms with E-state index in [4.69, 9.17) is 24.8 Å². The SMILES string of the molecule is CCC/C=C\CCCCCCCCOCC(COP(=O)(O)OCC(N)C(=O)O)OC(=O)CCCCCCC/C=C\CCCCCCCCC. The van der Waals surface area contributed by atoms with Crippen molar-refractivity contribution in [2.24, 2.45) is 5.73 Å². The first-order chi connectivity index (χ1) is 23.7. The number of rotatable bonds is 37. The molecule has 0 aliphatic carbocycles. The molecule has 49 heavy (non-hydrogen) atoms. The summed E-state index contributed by atoms with van der Waals surface area (Å²) in [5.74, 6) is -1.79. The van der Waals surface area contributed by atoms with Gasteiger partial charge in [0.05, 0.1) is 19.8 Å². The highest BCUT2D eigenvalue weighted by Crippen LogP contribution is 2.43. The number of hydrogen-bond acceptors (Lipinski definition) is 8. The number of aliphatic carboxylic acids is 1. The fourth-order valence-corrected chi connectivity index (χ4v) is 5.91. The van der Waals surface area contributed by atoms with Gasteiger partial charge in [-0.05, 0) is 57.8 Å². The van der Waals surface area contributed by atoms with Crippen molar-refractivity contribution in [3.05, 3.63) is 24.3 Å². The van der Waals surface area contributed by atoms with Crippen LogP contribution >= 0.6 is 7.82 Å². The lowest BCUT2D eigenvalue weighted by molar-refractivity contribution is -0.154. The largest absolute Gasteiger partial charge is 0.480 e. The normalized spacial score (nSPS) is 14.4. The van der Waals surface area contributed by atoms with Gasteiger partial charge in [-0.3, -0.25) is 18.6 Å². The van der Waals surface area contributed by atoms with Crippen LogP contribution in [0.25, 0.3) is 0 Å². The highest BCUT2D eigenvalue weighted by atomic mass is 31.2. The molecule has 0 rings (SSSR count). The molecule has 0 radical (unpaired) electrons. The topological polar surface area (TPSA) is 155 Å². The number of carboxylic acid groups (broad SMARTS) is 1. The van der Waals surface area contributed by atoms with Crippen molar-refractivity contribution in [2.45, 2.75) is 180 Å². The molecule has 0 aliphatic heterocycles. The number of phosphoric acid groups is 1. The highest BCUT2D eigenvalue weighted by molar-refractivity contribution is 7.47. The van der Waals surface area contributed by atoms with E-state index < -0.39 is 45.1 Å². The van der Waals surface area contributed by atoms with Crippen molar-refractivity contribution >= 4 is 19.8 Å². The molecular weight excluding hydrogens is 645 g/mol. The van der Waals surface area contributed by atoms with Gasteiger partial charge in [0, 0.05) is 13.0 Å². The van der Waals surface area contributed by atoms with Crippen LogP contribution in [0.5, 0.6) is 0 Å². The van der Waals surface area contributed by atoms with Crippen molar-refractivity contribution in [1.29, 1.82) is 0 Å². The number of phosphoric ester groups is 1. The molecule has 3 unspecified atom stereocenters. The van der Waals surface area contributed by atoms with Crippen LogP contribution in [-0.2, 0) is 32.7 Å². The molecule has 0 heterocycles. The molecule has 0 aliphatic rings. The van der Waals surface area contributed by atoms with Gasteiger partial charge in [-0.1, -0.05) is 128 Å². The zero-order chi connectivity index (χ0) is 36.3. The average Bonchev–Trinajstić information content (AvgIpc) is 3.07. The summed E-state index contributed by atoms with van der Waals surface area (Å²) in [4.78, 5) is 33.4. The number of carbonyl (C=O) groups is 2. The zero-order valence-electron chi connectivity index (χ0n) is 31.0. The Labute approximate surface area is 298 Å². The van der Waals surface area contributed by atoms with Crippen molar-refractivity contribution in [3.8, 4) is 0 Å². The van der Waals surface area contributed by atoms with Crippen LogP contribution in [0.1, 0.15) is 168 Å². The van der Waals surface area contributed by atoms with Crippen LogP contribution in [0, 0.1) is 0 Å². The summed E-state index contributed by atoms with van der Waals surface area (Å²) in [6.07, 6.45) is 35.2. The summed E-state index contributed by atoms with van der Waals surface area (Å²) in [7, 11) is -4.61. The third-order valence-corrected chi connectivity index (χ3v) is 9.13. The van der Waals surface area contributed by atoms with E-state index in [1.165, 1.54) is 77.0 Å². The number of esters is 1. The molecule has 11 heteroatoms. The Balaban J connectivity index is 4.30. The monoisotopic (exact) mass is 717 g/mol. The van der Waals surface area contributed by atoms with Gasteiger partial charge in [-0.25, -0.2) is 4.57 Å². The van der Waals surface area contributed by atoms with E-state index in [9.17, 15) is 19.0 Å². The van der Waals surface area contributed by atoms with Crippen LogP contribution in [0.3, 0.4) is 0 Å².